The van der Waals surface area contributed by atoms with Crippen molar-refractivity contribution >= 4 is 18.8 Å². The van der Waals surface area contributed by atoms with E-state index in [1.165, 1.54) is 0 Å². The Bertz CT molecular complexity index is 160. The van der Waals surface area contributed by atoms with Gasteiger partial charge >= 0.3 is 0 Å². The first-order valence-corrected chi connectivity index (χ1v) is 1.95. The highest BCUT2D eigenvalue weighted by Crippen LogP contribution is 1.76. The van der Waals surface area contributed by atoms with Crippen LogP contribution in [0.15, 0.2) is 20.5 Å². The summed E-state index contributed by atoms with van der Waals surface area (Å²) in [5.41, 5.74) is 0. The van der Waals surface area contributed by atoms with Crippen LogP contribution in [0.5, 0.6) is 0 Å². The molecule has 0 saturated heterocycles. The molecule has 0 spiro atoms. The van der Waals surface area contributed by atoms with Gasteiger partial charge in [-0.15, -0.1) is 10.2 Å². The van der Waals surface area contributed by atoms with Gasteiger partial charge in [-0.3, -0.25) is 4.79 Å². The summed E-state index contributed by atoms with van der Waals surface area (Å²) in [4.78, 5) is 9.86. The topological polar surface area (TPSA) is 92.5 Å². The number of hydrogen-bond acceptors (Lipinski definition) is 4. The van der Waals surface area contributed by atoms with E-state index in [4.69, 9.17) is 0 Å². The lowest BCUT2D eigenvalue weighted by Gasteiger charge is -1.78. The van der Waals surface area contributed by atoms with Gasteiger partial charge in [-0.05, 0) is 0 Å². The lowest BCUT2D eigenvalue weighted by molar-refractivity contribution is -0.102. The smallest absolute Gasteiger partial charge is 0.237 e. The zero-order valence-electron chi connectivity index (χ0n) is 4.56. The van der Waals surface area contributed by atoms with Crippen molar-refractivity contribution in [2.45, 2.75) is 0 Å². The molecule has 6 nitrogen and oxygen atoms in total. The summed E-state index contributed by atoms with van der Waals surface area (Å²) in [6.45, 7) is 2.99. The first-order chi connectivity index (χ1) is 4.35. The number of carbonyl (C=O) groups is 1. The molecule has 0 atom stereocenters. The van der Waals surface area contributed by atoms with Gasteiger partial charge in [0.05, 0.1) is 0 Å². The summed E-state index contributed by atoms with van der Waals surface area (Å²) in [6, 6.07) is 0. The van der Waals surface area contributed by atoms with Gasteiger partial charge in [0.1, 0.15) is 0 Å². The number of aldehydes is 1. The second-order valence-electron chi connectivity index (χ2n) is 0.933. The maximum absolute atomic E-state index is 9.86. The summed E-state index contributed by atoms with van der Waals surface area (Å²) < 4.78 is 0. The molecule has 0 aliphatic rings. The van der Waals surface area contributed by atoms with E-state index in [-0.39, 0.29) is 5.84 Å². The molecule has 0 radical (unpaired) electrons. The van der Waals surface area contributed by atoms with Crippen LogP contribution in [0.2, 0.25) is 0 Å². The van der Waals surface area contributed by atoms with Crippen molar-refractivity contribution in [1.29, 1.82) is 0 Å². The van der Waals surface area contributed by atoms with E-state index >= 15 is 0 Å². The van der Waals surface area contributed by atoms with Crippen LogP contribution in [0, 0.1) is 0 Å². The Kier molecular flexibility index (Phi) is 3.76. The minimum Gasteiger partial charge on any atom is -0.305 e. The molecular formula is C3H5N5O. The second-order valence-corrected chi connectivity index (χ2v) is 0.933. The lowest BCUT2D eigenvalue weighted by Crippen LogP contribution is -1.93. The molecule has 0 amide bonds. The predicted octanol–water partition coefficient (Wildman–Crippen LogP) is -0.475. The number of carbonyl (C=O) groups excluding carboxylic acids is 1. The molecule has 6 heteroatoms. The minimum atomic E-state index is -0.201. The normalized spacial score (nSPS) is 11.8. The fourth-order valence-corrected chi connectivity index (χ4v) is 0.199. The van der Waals surface area contributed by atoms with E-state index in [0.29, 0.717) is 6.29 Å². The Morgan fingerprint density at radius 3 is 2.67 bits per heavy atom. The molecule has 0 aromatic carbocycles. The summed E-state index contributed by atoms with van der Waals surface area (Å²) in [7, 11) is 0. The molecule has 0 aliphatic heterocycles. The van der Waals surface area contributed by atoms with Crippen molar-refractivity contribution < 1.29 is 4.79 Å². The van der Waals surface area contributed by atoms with E-state index in [9.17, 15) is 4.79 Å². The molecule has 0 saturated carbocycles. The number of nitrogens with zero attached hydrogens (tertiary/aromatic N) is 4. The molecule has 48 valence electrons. The minimum absolute atomic E-state index is 0.201. The predicted molar refractivity (Wildman–Crippen MR) is 32.1 cm³/mol. The van der Waals surface area contributed by atoms with Gasteiger partial charge in [-0.2, -0.15) is 5.10 Å². The maximum Gasteiger partial charge on any atom is 0.237 e. The average molecular weight is 127 g/mol. The number of rotatable bonds is 2. The summed E-state index contributed by atoms with van der Waals surface area (Å²) >= 11 is 0. The Morgan fingerprint density at radius 1 is 1.67 bits per heavy atom. The quantitative estimate of drug-likeness (QED) is 0.135. The van der Waals surface area contributed by atoms with E-state index < -0.39 is 0 Å². The molecular weight excluding hydrogens is 122 g/mol. The van der Waals surface area contributed by atoms with Crippen LogP contribution in [0.3, 0.4) is 0 Å². The zero-order chi connectivity index (χ0) is 7.11. The molecule has 0 aromatic heterocycles. The highest BCUT2D eigenvalue weighted by molar-refractivity contribution is 6.27. The Hall–Kier alpha value is -1.59. The molecule has 0 aliphatic carbocycles. The van der Waals surface area contributed by atoms with Crippen molar-refractivity contribution in [3.63, 3.8) is 0 Å². The number of nitrogens with two attached hydrogens (primary N) is 1. The Labute approximate surface area is 51.1 Å². The van der Waals surface area contributed by atoms with Crippen molar-refractivity contribution in [1.82, 2.24) is 0 Å². The van der Waals surface area contributed by atoms with Crippen LogP contribution in [-0.4, -0.2) is 18.8 Å². The second kappa shape index (κ2) is 4.57. The third-order valence-electron chi connectivity index (χ3n) is 0.439. The van der Waals surface area contributed by atoms with Gasteiger partial charge in [-0.25, -0.2) is 0 Å². The molecule has 0 unspecified atom stereocenters. The van der Waals surface area contributed by atoms with Gasteiger partial charge in [-0.1, -0.05) is 5.22 Å². The standard InChI is InChI=1S/C3H5N5O/c1-5-6-3(2-9)7-8-4/h2H,1H2,(H2,4,6,7). The summed E-state index contributed by atoms with van der Waals surface area (Å²) in [6.07, 6.45) is 0.366. The molecule has 0 heterocycles. The van der Waals surface area contributed by atoms with Crippen molar-refractivity contribution in [2.24, 2.45) is 26.4 Å². The van der Waals surface area contributed by atoms with Gasteiger partial charge in [0.15, 0.2) is 6.29 Å². The first-order valence-electron chi connectivity index (χ1n) is 1.95. The van der Waals surface area contributed by atoms with Crippen molar-refractivity contribution in [2.75, 3.05) is 0 Å². The average Bonchev–Trinajstić information content (AvgIpc) is 1.88. The highest BCUT2D eigenvalue weighted by atomic mass is 16.1. The monoisotopic (exact) mass is 127 g/mol. The maximum atomic E-state index is 9.86. The van der Waals surface area contributed by atoms with Crippen LogP contribution >= 0.6 is 0 Å². The van der Waals surface area contributed by atoms with Crippen LogP contribution < -0.4 is 5.84 Å². The Morgan fingerprint density at radius 2 is 2.33 bits per heavy atom. The van der Waals surface area contributed by atoms with Crippen LogP contribution in [0.4, 0.5) is 0 Å². The SMILES string of the molecule is C=N/N=C(C=O)\N=N/N. The first kappa shape index (κ1) is 7.41. The molecule has 0 aromatic rings. The molecule has 9 heavy (non-hydrogen) atoms. The van der Waals surface area contributed by atoms with Crippen LogP contribution in [-0.2, 0) is 4.79 Å². The largest absolute Gasteiger partial charge is 0.305 e. The van der Waals surface area contributed by atoms with Gasteiger partial charge < -0.3 is 5.84 Å². The summed E-state index contributed by atoms with van der Waals surface area (Å²) in [5, 5.41) is 12.1. The van der Waals surface area contributed by atoms with Crippen molar-refractivity contribution in [3.8, 4) is 0 Å². The van der Waals surface area contributed by atoms with Crippen LogP contribution in [0.25, 0.3) is 0 Å². The van der Waals surface area contributed by atoms with E-state index in [2.05, 4.69) is 33.1 Å². The van der Waals surface area contributed by atoms with E-state index in [0.717, 1.165) is 0 Å². The number of amidine groups is 1. The van der Waals surface area contributed by atoms with E-state index in [1.54, 1.807) is 0 Å². The van der Waals surface area contributed by atoms with Gasteiger partial charge in [0.25, 0.3) is 0 Å². The third kappa shape index (κ3) is 3.03. The van der Waals surface area contributed by atoms with E-state index in [1.807, 2.05) is 0 Å². The Balaban J connectivity index is 4.13. The molecule has 2 N–H and O–H groups in total. The van der Waals surface area contributed by atoms with Crippen LogP contribution in [0.1, 0.15) is 0 Å². The fraction of sp³-hybridized carbons (Fsp3) is 0. The number of hydrogen-bond donors (Lipinski definition) is 1. The summed E-state index contributed by atoms with van der Waals surface area (Å²) in [5.74, 6) is 4.39. The fourth-order valence-electron chi connectivity index (χ4n) is 0.199. The molecule has 0 fully saturated rings. The zero-order valence-corrected chi connectivity index (χ0v) is 4.56. The van der Waals surface area contributed by atoms with Crippen molar-refractivity contribution in [3.05, 3.63) is 0 Å². The highest BCUT2D eigenvalue weighted by Gasteiger charge is 1.88. The third-order valence-corrected chi connectivity index (χ3v) is 0.439. The molecule has 0 bridgehead atoms. The molecule has 0 rings (SSSR count). The van der Waals surface area contributed by atoms with Gasteiger partial charge in [0.2, 0.25) is 5.84 Å². The van der Waals surface area contributed by atoms with Gasteiger partial charge in [0, 0.05) is 6.72 Å². The lowest BCUT2D eigenvalue weighted by atomic mass is 10.7.